The monoisotopic (exact) mass is 636 g/mol. The van der Waals surface area contributed by atoms with Crippen LogP contribution in [0.4, 0.5) is 0 Å². The number of fused-ring (bicyclic) bond motifs is 2. The van der Waals surface area contributed by atoms with E-state index in [-0.39, 0.29) is 40.6 Å². The lowest BCUT2D eigenvalue weighted by molar-refractivity contribution is -0.289. The van der Waals surface area contributed by atoms with Gasteiger partial charge in [-0.25, -0.2) is 0 Å². The number of ether oxygens (including phenoxy) is 8. The number of benzene rings is 2. The van der Waals surface area contributed by atoms with Gasteiger partial charge in [0.2, 0.25) is 24.3 Å². The Morgan fingerprint density at radius 1 is 0.956 bits per heavy atom. The van der Waals surface area contributed by atoms with Gasteiger partial charge in [-0.05, 0) is 17.7 Å². The van der Waals surface area contributed by atoms with Crippen LogP contribution in [0.3, 0.4) is 0 Å². The topological polar surface area (TPSA) is 225 Å². The number of hydrogen-bond acceptors (Lipinski definition) is 16. The number of methoxy groups -OCH3 is 2. The van der Waals surface area contributed by atoms with Gasteiger partial charge in [-0.3, -0.25) is 4.79 Å². The first-order chi connectivity index (χ1) is 21.6. The predicted octanol–water partition coefficient (Wildman–Crippen LogP) is -1.15. The Balaban J connectivity index is 1.28. The molecule has 45 heavy (non-hydrogen) atoms. The quantitative estimate of drug-likeness (QED) is 0.163. The number of rotatable bonds is 9. The molecule has 0 spiro atoms. The fourth-order valence-corrected chi connectivity index (χ4v) is 5.35. The minimum Gasteiger partial charge on any atom is -0.492 e. The summed E-state index contributed by atoms with van der Waals surface area (Å²) in [6, 6.07) is 6.32. The third-order valence-corrected chi connectivity index (χ3v) is 7.95. The normalized spacial score (nSPS) is 30.9. The van der Waals surface area contributed by atoms with Crippen molar-refractivity contribution in [3.05, 3.63) is 40.8 Å². The third-order valence-electron chi connectivity index (χ3n) is 7.95. The molecular weight excluding hydrogens is 604 g/mol. The highest BCUT2D eigenvalue weighted by atomic mass is 16.7. The lowest BCUT2D eigenvalue weighted by Gasteiger charge is -2.40. The van der Waals surface area contributed by atoms with Crippen LogP contribution >= 0.6 is 0 Å². The molecule has 2 aromatic carbocycles. The SMILES string of the molecule is COc1c(OC2OC(COC3OCC(O)(CO)C3O)C(O)C(O)C2O)cc2occ(-c3ccc4c(c3)OCO4)c(=O)c2c1OC. The maximum atomic E-state index is 13.7. The predicted molar refractivity (Wildman–Crippen MR) is 148 cm³/mol. The van der Waals surface area contributed by atoms with Gasteiger partial charge in [0, 0.05) is 6.07 Å². The highest BCUT2D eigenvalue weighted by Gasteiger charge is 2.50. The van der Waals surface area contributed by atoms with Crippen molar-refractivity contribution >= 4 is 11.0 Å². The van der Waals surface area contributed by atoms with Crippen molar-refractivity contribution in [1.29, 1.82) is 0 Å². The Labute approximate surface area is 254 Å². The summed E-state index contributed by atoms with van der Waals surface area (Å²) in [5, 5.41) is 61.5. The summed E-state index contributed by atoms with van der Waals surface area (Å²) < 4.78 is 49.9. The van der Waals surface area contributed by atoms with Crippen LogP contribution in [0.5, 0.6) is 28.7 Å². The first-order valence-corrected chi connectivity index (χ1v) is 13.8. The Morgan fingerprint density at radius 2 is 1.71 bits per heavy atom. The molecule has 4 heterocycles. The van der Waals surface area contributed by atoms with E-state index in [2.05, 4.69) is 0 Å². The molecule has 0 radical (unpaired) electrons. The average Bonchev–Trinajstić information content (AvgIpc) is 3.63. The van der Waals surface area contributed by atoms with Gasteiger partial charge in [0.25, 0.3) is 0 Å². The van der Waals surface area contributed by atoms with Gasteiger partial charge in [-0.15, -0.1) is 0 Å². The highest BCUT2D eigenvalue weighted by molar-refractivity contribution is 5.91. The van der Waals surface area contributed by atoms with E-state index in [1.807, 2.05) is 0 Å². The Morgan fingerprint density at radius 3 is 2.42 bits per heavy atom. The van der Waals surface area contributed by atoms with Crippen molar-refractivity contribution in [1.82, 2.24) is 0 Å². The Bertz CT molecular complexity index is 1610. The van der Waals surface area contributed by atoms with Gasteiger partial charge < -0.3 is 73.0 Å². The minimum absolute atomic E-state index is 0.0293. The zero-order valence-electron chi connectivity index (χ0n) is 24.0. The number of aliphatic hydroxyl groups excluding tert-OH is 5. The van der Waals surface area contributed by atoms with E-state index in [4.69, 9.17) is 42.3 Å². The number of hydrogen-bond donors (Lipinski definition) is 6. The molecule has 0 amide bonds. The standard InChI is InChI=1S/C29H32O16/c1-37-24-17(44-27-23(34)22(33)21(32)18(45-27)8-40-28-26(35)29(36,9-30)10-41-28)6-16-19(25(24)38-2)20(31)13(7-39-16)12-3-4-14-15(5-12)43-11-42-14/h3-7,18,21-23,26-28,30,32-36H,8-11H2,1-2H3. The molecule has 8 unspecified atom stereocenters. The van der Waals surface area contributed by atoms with Crippen molar-refractivity contribution < 1.29 is 73.0 Å². The Kier molecular flexibility index (Phi) is 8.51. The molecule has 0 saturated carbocycles. The van der Waals surface area contributed by atoms with Gasteiger partial charge >= 0.3 is 0 Å². The second kappa shape index (κ2) is 12.2. The molecule has 6 N–H and O–H groups in total. The van der Waals surface area contributed by atoms with Gasteiger partial charge in [-0.2, -0.15) is 0 Å². The zero-order chi connectivity index (χ0) is 32.0. The Hall–Kier alpha value is -3.71. The zero-order valence-corrected chi connectivity index (χ0v) is 24.0. The van der Waals surface area contributed by atoms with Crippen LogP contribution < -0.4 is 29.1 Å². The number of aliphatic hydroxyl groups is 6. The van der Waals surface area contributed by atoms with Crippen LogP contribution in [0, 0.1) is 0 Å². The molecule has 2 saturated heterocycles. The van der Waals surface area contributed by atoms with E-state index < -0.39 is 74.0 Å². The van der Waals surface area contributed by atoms with Crippen LogP contribution in [0.25, 0.3) is 22.1 Å². The van der Waals surface area contributed by atoms with E-state index in [9.17, 15) is 35.4 Å². The lowest BCUT2D eigenvalue weighted by Crippen LogP contribution is -2.60. The van der Waals surface area contributed by atoms with Gasteiger partial charge in [0.15, 0.2) is 29.3 Å². The first-order valence-electron chi connectivity index (χ1n) is 13.8. The molecule has 6 rings (SSSR count). The maximum absolute atomic E-state index is 13.7. The average molecular weight is 637 g/mol. The van der Waals surface area contributed by atoms with Crippen LogP contribution in [-0.4, -0.2) is 120 Å². The van der Waals surface area contributed by atoms with E-state index in [1.165, 1.54) is 26.5 Å². The fraction of sp³-hybridized carbons (Fsp3) is 0.483. The van der Waals surface area contributed by atoms with Gasteiger partial charge in [0.05, 0.1) is 39.6 Å². The summed E-state index contributed by atoms with van der Waals surface area (Å²) in [7, 11) is 2.61. The van der Waals surface area contributed by atoms with E-state index in [1.54, 1.807) is 18.2 Å². The molecule has 3 aliphatic heterocycles. The van der Waals surface area contributed by atoms with Gasteiger partial charge in [-0.1, -0.05) is 6.07 Å². The lowest BCUT2D eigenvalue weighted by atomic mass is 9.99. The molecule has 3 aliphatic rings. The summed E-state index contributed by atoms with van der Waals surface area (Å²) in [5.41, 5.74) is -1.65. The van der Waals surface area contributed by atoms with Crippen molar-refractivity contribution in [2.75, 3.05) is 40.8 Å². The van der Waals surface area contributed by atoms with Crippen molar-refractivity contribution in [3.63, 3.8) is 0 Å². The first kappa shape index (κ1) is 31.3. The van der Waals surface area contributed by atoms with Crippen LogP contribution in [-0.2, 0) is 14.2 Å². The van der Waals surface area contributed by atoms with Gasteiger partial charge in [0.1, 0.15) is 53.4 Å². The summed E-state index contributed by atoms with van der Waals surface area (Å²) in [6.45, 7) is -1.61. The molecule has 0 aliphatic carbocycles. The summed E-state index contributed by atoms with van der Waals surface area (Å²) >= 11 is 0. The third kappa shape index (κ3) is 5.43. The highest BCUT2D eigenvalue weighted by Crippen LogP contribution is 2.44. The van der Waals surface area contributed by atoms with Crippen molar-refractivity contribution in [2.24, 2.45) is 0 Å². The summed E-state index contributed by atoms with van der Waals surface area (Å²) in [4.78, 5) is 13.7. The van der Waals surface area contributed by atoms with Crippen molar-refractivity contribution in [2.45, 2.75) is 48.7 Å². The summed E-state index contributed by atoms with van der Waals surface area (Å²) in [6.07, 6.45) is -9.85. The fourth-order valence-electron chi connectivity index (χ4n) is 5.35. The molecule has 3 aromatic rings. The second-order valence-electron chi connectivity index (χ2n) is 10.7. The molecule has 0 bridgehead atoms. The largest absolute Gasteiger partial charge is 0.492 e. The minimum atomic E-state index is -1.94. The van der Waals surface area contributed by atoms with E-state index in [0.29, 0.717) is 17.1 Å². The molecule has 1 aromatic heterocycles. The van der Waals surface area contributed by atoms with Crippen LogP contribution in [0.2, 0.25) is 0 Å². The second-order valence-corrected chi connectivity index (χ2v) is 10.7. The maximum Gasteiger partial charge on any atom is 0.231 e. The van der Waals surface area contributed by atoms with Crippen molar-refractivity contribution in [3.8, 4) is 39.9 Å². The molecule has 2 fully saturated rings. The molecule has 244 valence electrons. The van der Waals surface area contributed by atoms with Crippen LogP contribution in [0.15, 0.2) is 39.7 Å². The van der Waals surface area contributed by atoms with E-state index >= 15 is 0 Å². The van der Waals surface area contributed by atoms with E-state index in [0.717, 1.165) is 0 Å². The molecule has 8 atom stereocenters. The van der Waals surface area contributed by atoms with Crippen LogP contribution in [0.1, 0.15) is 0 Å². The smallest absolute Gasteiger partial charge is 0.231 e. The summed E-state index contributed by atoms with van der Waals surface area (Å²) in [5.74, 6) is 0.810. The molecule has 16 heteroatoms. The molecule has 16 nitrogen and oxygen atoms in total. The molecular formula is C29H32O16.